The number of benzene rings is 2. The molecule has 1 N–H and O–H groups in total. The van der Waals surface area contributed by atoms with Crippen LogP contribution in [-0.4, -0.2) is 47.7 Å². The van der Waals surface area contributed by atoms with Crippen molar-refractivity contribution in [2.24, 2.45) is 0 Å². The van der Waals surface area contributed by atoms with Gasteiger partial charge in [-0.25, -0.2) is 4.79 Å². The van der Waals surface area contributed by atoms with Crippen LogP contribution in [-0.2, 0) is 14.3 Å². The predicted octanol–water partition coefficient (Wildman–Crippen LogP) is 5.15. The molecule has 3 rings (SSSR count). The number of esters is 1. The molecule has 1 aliphatic rings. The van der Waals surface area contributed by atoms with Crippen molar-refractivity contribution < 1.29 is 28.7 Å². The van der Waals surface area contributed by atoms with Gasteiger partial charge in [0.25, 0.3) is 11.1 Å². The summed E-state index contributed by atoms with van der Waals surface area (Å²) < 4.78 is 10.6. The number of imide groups is 1. The zero-order valence-electron chi connectivity index (χ0n) is 18.9. The first-order valence-corrected chi connectivity index (χ1v) is 11.9. The Morgan fingerprint density at radius 3 is 2.74 bits per heavy atom. The Labute approximate surface area is 211 Å². The molecule has 0 unspecified atom stereocenters. The summed E-state index contributed by atoms with van der Waals surface area (Å²) in [5.41, 5.74) is 1.05. The number of thioether (sulfide) groups is 1. The van der Waals surface area contributed by atoms with Gasteiger partial charge < -0.3 is 14.8 Å². The summed E-state index contributed by atoms with van der Waals surface area (Å²) in [6.07, 6.45) is 3.84. The summed E-state index contributed by atoms with van der Waals surface area (Å²) in [5, 5.41) is 2.20. The van der Waals surface area contributed by atoms with Crippen LogP contribution in [0.2, 0.25) is 5.02 Å². The Kier molecular flexibility index (Phi) is 9.11. The molecule has 8 nitrogen and oxygen atoms in total. The van der Waals surface area contributed by atoms with E-state index < -0.39 is 29.6 Å². The average molecular weight is 515 g/mol. The number of nitrogens with zero attached hydrogens (tertiary/aromatic N) is 1. The fourth-order valence-electron chi connectivity index (χ4n) is 3.01. The molecular formula is C25H23ClN2O6S. The second kappa shape index (κ2) is 12.2. The number of amides is 3. The minimum Gasteiger partial charge on any atom is -0.490 e. The lowest BCUT2D eigenvalue weighted by molar-refractivity contribution is -0.127. The van der Waals surface area contributed by atoms with Crippen molar-refractivity contribution in [2.45, 2.75) is 13.3 Å². The molecule has 2 aromatic rings. The van der Waals surface area contributed by atoms with Crippen molar-refractivity contribution in [3.8, 4) is 5.75 Å². The molecule has 1 fully saturated rings. The van der Waals surface area contributed by atoms with Gasteiger partial charge in [-0.3, -0.25) is 19.3 Å². The molecule has 2 aromatic carbocycles. The highest BCUT2D eigenvalue weighted by Gasteiger charge is 2.36. The summed E-state index contributed by atoms with van der Waals surface area (Å²) in [6.45, 7) is 5.55. The summed E-state index contributed by atoms with van der Waals surface area (Å²) >= 11 is 6.81. The van der Waals surface area contributed by atoms with E-state index in [-0.39, 0.29) is 27.8 Å². The highest BCUT2D eigenvalue weighted by Crippen LogP contribution is 2.32. The van der Waals surface area contributed by atoms with Gasteiger partial charge in [-0.1, -0.05) is 43.3 Å². The van der Waals surface area contributed by atoms with Crippen molar-refractivity contribution in [3.63, 3.8) is 0 Å². The highest BCUT2D eigenvalue weighted by molar-refractivity contribution is 8.18. The van der Waals surface area contributed by atoms with E-state index in [1.54, 1.807) is 36.4 Å². The van der Waals surface area contributed by atoms with Crippen molar-refractivity contribution in [2.75, 3.05) is 25.1 Å². The molecule has 1 aliphatic heterocycles. The minimum atomic E-state index is -0.608. The first-order chi connectivity index (χ1) is 16.8. The van der Waals surface area contributed by atoms with Crippen LogP contribution < -0.4 is 10.1 Å². The van der Waals surface area contributed by atoms with Crippen LogP contribution >= 0.6 is 23.4 Å². The van der Waals surface area contributed by atoms with Crippen molar-refractivity contribution in [3.05, 3.63) is 76.2 Å². The molecule has 0 radical (unpaired) electrons. The first kappa shape index (κ1) is 26.1. The molecule has 1 saturated heterocycles. The van der Waals surface area contributed by atoms with E-state index in [1.165, 1.54) is 18.2 Å². The maximum atomic E-state index is 12.8. The molecule has 0 aromatic heterocycles. The standard InChI is InChI=1S/C25H23ClN2O6S/c1-3-10-33-18-7-5-6-16(12-18)13-21-23(30)28(25(32)35-21)15-22(29)27-17-8-9-20(26)19(14-17)24(31)34-11-4-2/h3,5-9,12-14H,1,4,10-11,15H2,2H3,(H,27,29)/b21-13+. The van der Waals surface area contributed by atoms with Gasteiger partial charge in [0, 0.05) is 5.69 Å². The maximum absolute atomic E-state index is 12.8. The van der Waals surface area contributed by atoms with E-state index in [0.29, 0.717) is 24.3 Å². The molecule has 10 heteroatoms. The molecule has 0 spiro atoms. The Bertz CT molecular complexity index is 1200. The van der Waals surface area contributed by atoms with Crippen molar-refractivity contribution >= 4 is 58.1 Å². The summed E-state index contributed by atoms with van der Waals surface area (Å²) in [7, 11) is 0. The minimum absolute atomic E-state index is 0.103. The van der Waals surface area contributed by atoms with Gasteiger partial charge in [-0.2, -0.15) is 0 Å². The number of nitrogens with one attached hydrogen (secondary N) is 1. The highest BCUT2D eigenvalue weighted by atomic mass is 35.5. The average Bonchev–Trinajstić information content (AvgIpc) is 3.09. The lowest BCUT2D eigenvalue weighted by Gasteiger charge is -2.13. The number of hydrogen-bond acceptors (Lipinski definition) is 7. The SMILES string of the molecule is C=CCOc1cccc(/C=C2/SC(=O)N(CC(=O)Nc3ccc(Cl)c(C(=O)OCCC)c3)C2=O)c1. The Morgan fingerprint density at radius 1 is 1.20 bits per heavy atom. The van der Waals surface area contributed by atoms with Crippen LogP contribution in [0.15, 0.2) is 60.0 Å². The topological polar surface area (TPSA) is 102 Å². The van der Waals surface area contributed by atoms with Gasteiger partial charge >= 0.3 is 5.97 Å². The van der Waals surface area contributed by atoms with Gasteiger partial charge in [0.1, 0.15) is 18.9 Å². The zero-order chi connectivity index (χ0) is 25.4. The number of anilines is 1. The number of carbonyl (C=O) groups is 4. The van der Waals surface area contributed by atoms with E-state index in [4.69, 9.17) is 21.1 Å². The number of ether oxygens (including phenoxy) is 2. The van der Waals surface area contributed by atoms with Crippen LogP contribution in [0.1, 0.15) is 29.3 Å². The van der Waals surface area contributed by atoms with Gasteiger partial charge in [-0.15, -0.1) is 0 Å². The smallest absolute Gasteiger partial charge is 0.339 e. The molecule has 0 bridgehead atoms. The lowest BCUT2D eigenvalue weighted by atomic mass is 10.2. The van der Waals surface area contributed by atoms with Crippen LogP contribution in [0.3, 0.4) is 0 Å². The van der Waals surface area contributed by atoms with Crippen LogP contribution in [0.25, 0.3) is 6.08 Å². The Hall–Kier alpha value is -3.56. The summed E-state index contributed by atoms with van der Waals surface area (Å²) in [5.74, 6) is -1.20. The quantitative estimate of drug-likeness (QED) is 0.266. The lowest BCUT2D eigenvalue weighted by Crippen LogP contribution is -2.36. The van der Waals surface area contributed by atoms with E-state index >= 15 is 0 Å². The Balaban J connectivity index is 1.67. The third-order valence-electron chi connectivity index (χ3n) is 4.61. The summed E-state index contributed by atoms with van der Waals surface area (Å²) in [4.78, 5) is 50.9. The third-order valence-corrected chi connectivity index (χ3v) is 5.84. The zero-order valence-corrected chi connectivity index (χ0v) is 20.5. The fraction of sp³-hybridized carbons (Fsp3) is 0.200. The van der Waals surface area contributed by atoms with Crippen molar-refractivity contribution in [1.82, 2.24) is 4.90 Å². The Morgan fingerprint density at radius 2 is 2.00 bits per heavy atom. The molecule has 182 valence electrons. The third kappa shape index (κ3) is 6.97. The van der Waals surface area contributed by atoms with E-state index in [0.717, 1.165) is 16.7 Å². The van der Waals surface area contributed by atoms with Gasteiger partial charge in [0.15, 0.2) is 0 Å². The van der Waals surface area contributed by atoms with Gasteiger partial charge in [0.2, 0.25) is 5.91 Å². The first-order valence-electron chi connectivity index (χ1n) is 10.7. The molecule has 0 saturated carbocycles. The normalized spacial score (nSPS) is 14.2. The monoisotopic (exact) mass is 514 g/mol. The van der Waals surface area contributed by atoms with E-state index in [9.17, 15) is 19.2 Å². The number of hydrogen-bond donors (Lipinski definition) is 1. The fourth-order valence-corrected chi connectivity index (χ4v) is 4.05. The van der Waals surface area contributed by atoms with E-state index in [1.807, 2.05) is 6.92 Å². The molecule has 35 heavy (non-hydrogen) atoms. The summed E-state index contributed by atoms with van der Waals surface area (Å²) in [6, 6.07) is 11.4. The van der Waals surface area contributed by atoms with Gasteiger partial charge in [-0.05, 0) is 60.2 Å². The van der Waals surface area contributed by atoms with E-state index in [2.05, 4.69) is 11.9 Å². The van der Waals surface area contributed by atoms with Crippen LogP contribution in [0.4, 0.5) is 10.5 Å². The number of halogens is 1. The molecule has 3 amide bonds. The largest absolute Gasteiger partial charge is 0.490 e. The van der Waals surface area contributed by atoms with Crippen molar-refractivity contribution in [1.29, 1.82) is 0 Å². The van der Waals surface area contributed by atoms with Gasteiger partial charge in [0.05, 0.1) is 22.1 Å². The molecule has 0 aliphatic carbocycles. The molecular weight excluding hydrogens is 492 g/mol. The number of carbonyl (C=O) groups excluding carboxylic acids is 4. The second-order valence-corrected chi connectivity index (χ2v) is 8.72. The predicted molar refractivity (Wildman–Crippen MR) is 135 cm³/mol. The van der Waals surface area contributed by atoms with Crippen LogP contribution in [0, 0.1) is 0 Å². The molecule has 0 atom stereocenters. The van der Waals surface area contributed by atoms with Crippen LogP contribution in [0.5, 0.6) is 5.75 Å². The second-order valence-electron chi connectivity index (χ2n) is 7.32. The maximum Gasteiger partial charge on any atom is 0.339 e. The number of rotatable bonds is 10. The molecule has 1 heterocycles.